The van der Waals surface area contributed by atoms with E-state index in [-0.39, 0.29) is 11.4 Å². The predicted octanol–water partition coefficient (Wildman–Crippen LogP) is 2.64. The largest absolute Gasteiger partial charge is 0.291 e. The molecule has 0 N–H and O–H groups in total. The van der Waals surface area contributed by atoms with Crippen LogP contribution in [0, 0.1) is 0 Å². The first-order chi connectivity index (χ1) is 7.99. The van der Waals surface area contributed by atoms with Gasteiger partial charge in [0, 0.05) is 18.4 Å². The second kappa shape index (κ2) is 4.53. The van der Waals surface area contributed by atoms with E-state index in [0.717, 1.165) is 10.9 Å². The fourth-order valence-corrected chi connectivity index (χ4v) is 2.73. The summed E-state index contributed by atoms with van der Waals surface area (Å²) in [5, 5.41) is 0.809. The van der Waals surface area contributed by atoms with E-state index < -0.39 is 0 Å². The Balaban J connectivity index is 2.17. The minimum atomic E-state index is -0.0643. The third-order valence-corrected chi connectivity index (χ3v) is 4.04. The van der Waals surface area contributed by atoms with Crippen molar-refractivity contribution >= 4 is 22.8 Å². The van der Waals surface area contributed by atoms with Crippen LogP contribution < -0.4 is 0 Å². The molecule has 3 nitrogen and oxygen atoms in total. The van der Waals surface area contributed by atoms with Crippen LogP contribution in [0.1, 0.15) is 24.2 Å². The number of thioether (sulfide) groups is 1. The number of aliphatic imine (C=N–C) groups is 1. The number of rotatable bonds is 1. The van der Waals surface area contributed by atoms with Gasteiger partial charge < -0.3 is 0 Å². The molecule has 0 unspecified atom stereocenters. The molecule has 17 heavy (non-hydrogen) atoms. The minimum absolute atomic E-state index is 0.00505. The van der Waals surface area contributed by atoms with E-state index in [4.69, 9.17) is 0 Å². The quantitative estimate of drug-likeness (QED) is 0.765. The molecule has 1 aromatic rings. The molecule has 1 amide bonds. The summed E-state index contributed by atoms with van der Waals surface area (Å²) in [6.45, 7) is 4.15. The lowest BCUT2D eigenvalue weighted by Crippen LogP contribution is -2.30. The van der Waals surface area contributed by atoms with Gasteiger partial charge in [0.05, 0.1) is 5.54 Å². The number of amides is 1. The molecule has 0 saturated heterocycles. The lowest BCUT2D eigenvalue weighted by atomic mass is 10.1. The first-order valence-electron chi connectivity index (χ1n) is 5.55. The van der Waals surface area contributed by atoms with E-state index in [9.17, 15) is 4.79 Å². The van der Waals surface area contributed by atoms with Gasteiger partial charge in [0.1, 0.15) is 0 Å². The van der Waals surface area contributed by atoms with Gasteiger partial charge in [-0.1, -0.05) is 30.0 Å². The van der Waals surface area contributed by atoms with Crippen LogP contribution in [0.5, 0.6) is 0 Å². The van der Waals surface area contributed by atoms with Crippen molar-refractivity contribution in [2.24, 2.45) is 4.99 Å². The molecule has 0 spiro atoms. The monoisotopic (exact) mass is 248 g/mol. The van der Waals surface area contributed by atoms with Gasteiger partial charge >= 0.3 is 0 Å². The maximum Gasteiger partial charge on any atom is 0.259 e. The second-order valence-electron chi connectivity index (χ2n) is 4.73. The van der Waals surface area contributed by atoms with Crippen LogP contribution >= 0.6 is 11.8 Å². The van der Waals surface area contributed by atoms with Crippen molar-refractivity contribution in [3.8, 4) is 0 Å². The molecular formula is C13H16N2OS. The summed E-state index contributed by atoms with van der Waals surface area (Å²) in [7, 11) is 1.78. The zero-order valence-corrected chi connectivity index (χ0v) is 11.1. The van der Waals surface area contributed by atoms with Gasteiger partial charge in [0.25, 0.3) is 5.91 Å². The molecule has 1 heterocycles. The van der Waals surface area contributed by atoms with Crippen LogP contribution in [0.15, 0.2) is 35.3 Å². The minimum Gasteiger partial charge on any atom is -0.291 e. The third-order valence-electron chi connectivity index (χ3n) is 2.57. The maximum absolute atomic E-state index is 12.2. The van der Waals surface area contributed by atoms with E-state index in [1.54, 1.807) is 23.7 Å². The fourth-order valence-electron chi connectivity index (χ4n) is 1.60. The molecule has 0 bridgehead atoms. The molecule has 0 saturated carbocycles. The Bertz CT molecular complexity index is 454. The fraction of sp³-hybridized carbons (Fsp3) is 0.385. The average Bonchev–Trinajstić information content (AvgIpc) is 2.69. The van der Waals surface area contributed by atoms with Gasteiger partial charge in [-0.3, -0.25) is 14.7 Å². The standard InChI is InChI=1S/C13H16N2OS/c1-13(2)9-17-12(14-13)15(3)11(16)10-7-5-4-6-8-10/h4-8H,9H2,1-3H3. The van der Waals surface area contributed by atoms with Gasteiger partial charge in [-0.2, -0.15) is 0 Å². The first kappa shape index (κ1) is 12.2. The highest BCUT2D eigenvalue weighted by Gasteiger charge is 2.29. The van der Waals surface area contributed by atoms with Crippen LogP contribution in [0.3, 0.4) is 0 Å². The molecule has 1 aliphatic rings. The Morgan fingerprint density at radius 3 is 2.53 bits per heavy atom. The van der Waals surface area contributed by atoms with Crippen molar-refractivity contribution in [3.63, 3.8) is 0 Å². The third kappa shape index (κ3) is 2.69. The van der Waals surface area contributed by atoms with Crippen molar-refractivity contribution in [2.45, 2.75) is 19.4 Å². The second-order valence-corrected chi connectivity index (χ2v) is 5.67. The van der Waals surface area contributed by atoms with Crippen LogP contribution in [0.25, 0.3) is 0 Å². The lowest BCUT2D eigenvalue weighted by molar-refractivity contribution is 0.0873. The van der Waals surface area contributed by atoms with Crippen molar-refractivity contribution < 1.29 is 4.79 Å². The van der Waals surface area contributed by atoms with E-state index in [2.05, 4.69) is 18.8 Å². The number of benzene rings is 1. The Hall–Kier alpha value is -1.29. The van der Waals surface area contributed by atoms with E-state index in [1.165, 1.54) is 0 Å². The van der Waals surface area contributed by atoms with Gasteiger partial charge in [0.2, 0.25) is 0 Å². The molecule has 0 radical (unpaired) electrons. The van der Waals surface area contributed by atoms with Gasteiger partial charge in [0.15, 0.2) is 5.17 Å². The zero-order valence-electron chi connectivity index (χ0n) is 10.3. The summed E-state index contributed by atoms with van der Waals surface area (Å²) in [5.41, 5.74) is 0.633. The highest BCUT2D eigenvalue weighted by atomic mass is 32.2. The first-order valence-corrected chi connectivity index (χ1v) is 6.54. The molecule has 0 atom stereocenters. The SMILES string of the molecule is CN(C(=O)c1ccccc1)C1=NC(C)(C)CS1. The molecule has 0 aromatic heterocycles. The van der Waals surface area contributed by atoms with Crippen molar-refractivity contribution in [1.29, 1.82) is 0 Å². The van der Waals surface area contributed by atoms with Crippen LogP contribution in [-0.2, 0) is 0 Å². The lowest BCUT2D eigenvalue weighted by Gasteiger charge is -2.16. The van der Waals surface area contributed by atoms with Crippen molar-refractivity contribution in [1.82, 2.24) is 4.90 Å². The molecule has 90 valence electrons. The molecule has 4 heteroatoms. The van der Waals surface area contributed by atoms with Crippen LogP contribution in [0.2, 0.25) is 0 Å². The topological polar surface area (TPSA) is 32.7 Å². The number of carbonyl (C=O) groups is 1. The number of carbonyl (C=O) groups excluding carboxylic acids is 1. The molecule has 1 aliphatic heterocycles. The molecular weight excluding hydrogens is 232 g/mol. The predicted molar refractivity (Wildman–Crippen MR) is 72.5 cm³/mol. The number of amidine groups is 1. The molecule has 0 fully saturated rings. The number of nitrogens with zero attached hydrogens (tertiary/aromatic N) is 2. The smallest absolute Gasteiger partial charge is 0.259 e. The molecule has 2 rings (SSSR count). The summed E-state index contributed by atoms with van der Waals surface area (Å²) in [4.78, 5) is 18.4. The van der Waals surface area contributed by atoms with Crippen molar-refractivity contribution in [3.05, 3.63) is 35.9 Å². The Morgan fingerprint density at radius 2 is 2.00 bits per heavy atom. The maximum atomic E-state index is 12.2. The summed E-state index contributed by atoms with van der Waals surface area (Å²) < 4.78 is 0. The summed E-state index contributed by atoms with van der Waals surface area (Å²) in [5.74, 6) is 0.920. The Morgan fingerprint density at radius 1 is 1.35 bits per heavy atom. The Labute approximate surface area is 106 Å². The van der Waals surface area contributed by atoms with Crippen LogP contribution in [-0.4, -0.2) is 34.3 Å². The molecule has 0 aliphatic carbocycles. The average molecular weight is 248 g/mol. The Kier molecular flexibility index (Phi) is 3.24. The van der Waals surface area contributed by atoms with Gasteiger partial charge in [-0.05, 0) is 26.0 Å². The summed E-state index contributed by atoms with van der Waals surface area (Å²) in [6.07, 6.45) is 0. The zero-order chi connectivity index (χ0) is 12.5. The number of hydrogen-bond donors (Lipinski definition) is 0. The van der Waals surface area contributed by atoms with Gasteiger partial charge in [-0.15, -0.1) is 0 Å². The van der Waals surface area contributed by atoms with Crippen molar-refractivity contribution in [2.75, 3.05) is 12.8 Å². The van der Waals surface area contributed by atoms with Gasteiger partial charge in [-0.25, -0.2) is 0 Å². The normalized spacial score (nSPS) is 17.7. The van der Waals surface area contributed by atoms with E-state index >= 15 is 0 Å². The van der Waals surface area contributed by atoms with E-state index in [0.29, 0.717) is 5.56 Å². The highest BCUT2D eigenvalue weighted by molar-refractivity contribution is 8.14. The number of hydrogen-bond acceptors (Lipinski definition) is 3. The highest BCUT2D eigenvalue weighted by Crippen LogP contribution is 2.28. The summed E-state index contributed by atoms with van der Waals surface area (Å²) in [6, 6.07) is 9.29. The van der Waals surface area contributed by atoms with E-state index in [1.807, 2.05) is 30.3 Å². The molecule has 1 aromatic carbocycles. The van der Waals surface area contributed by atoms with Crippen LogP contribution in [0.4, 0.5) is 0 Å². The summed E-state index contributed by atoms with van der Waals surface area (Å²) >= 11 is 1.64.